The number of hydrogen-bond donors (Lipinski definition) is 1. The van der Waals surface area contributed by atoms with Gasteiger partial charge in [0.25, 0.3) is 0 Å². The second-order valence-corrected chi connectivity index (χ2v) is 8.21. The zero-order chi connectivity index (χ0) is 21.3. The van der Waals surface area contributed by atoms with Crippen LogP contribution in [0.15, 0.2) is 47.6 Å². The highest BCUT2D eigenvalue weighted by atomic mass is 32.2. The fourth-order valence-corrected chi connectivity index (χ4v) is 4.29. The molecule has 2 heterocycles. The Morgan fingerprint density at radius 2 is 1.93 bits per heavy atom. The van der Waals surface area contributed by atoms with E-state index in [1.807, 2.05) is 57.2 Å². The number of carbonyl (C=O) groups is 2. The van der Waals surface area contributed by atoms with Crippen molar-refractivity contribution in [3.63, 3.8) is 0 Å². The topological polar surface area (TPSA) is 93.0 Å². The van der Waals surface area contributed by atoms with Crippen LogP contribution in [-0.2, 0) is 9.59 Å². The predicted octanol–water partition coefficient (Wildman–Crippen LogP) is 3.14. The number of fused-ring (bicyclic) bond motifs is 1. The first kappa shape index (κ1) is 20.1. The Morgan fingerprint density at radius 1 is 1.17 bits per heavy atom. The van der Waals surface area contributed by atoms with E-state index in [1.165, 1.54) is 11.8 Å². The second-order valence-electron chi connectivity index (χ2n) is 7.26. The number of para-hydroxylation sites is 2. The highest BCUT2D eigenvalue weighted by Crippen LogP contribution is 2.32. The van der Waals surface area contributed by atoms with Gasteiger partial charge in [-0.1, -0.05) is 36.0 Å². The standard InChI is InChI=1S/C21H22N6O2S/c1-13-7-6-10-17(15(13)3)27-21(23-24-25-27)30-12-20(29)26-14(2)11-19(28)22-16-8-4-5-9-18(16)26/h4-10,14H,11-12H2,1-3H3,(H,22,28). The molecule has 0 saturated carbocycles. The average Bonchev–Trinajstić information content (AvgIpc) is 3.13. The highest BCUT2D eigenvalue weighted by Gasteiger charge is 2.29. The highest BCUT2D eigenvalue weighted by molar-refractivity contribution is 7.99. The van der Waals surface area contributed by atoms with Gasteiger partial charge in [0, 0.05) is 12.5 Å². The summed E-state index contributed by atoms with van der Waals surface area (Å²) in [6.45, 7) is 5.93. The molecule has 1 aromatic heterocycles. The number of tetrazole rings is 1. The van der Waals surface area contributed by atoms with E-state index in [0.29, 0.717) is 16.5 Å². The molecule has 2 amide bonds. The molecule has 4 rings (SSSR count). The van der Waals surface area contributed by atoms with Gasteiger partial charge in [0.2, 0.25) is 17.0 Å². The summed E-state index contributed by atoms with van der Waals surface area (Å²) in [5.41, 5.74) is 4.46. The number of nitrogens with one attached hydrogen (secondary N) is 1. The Balaban J connectivity index is 1.57. The van der Waals surface area contributed by atoms with Gasteiger partial charge >= 0.3 is 0 Å². The first-order chi connectivity index (χ1) is 14.5. The number of hydrogen-bond acceptors (Lipinski definition) is 6. The van der Waals surface area contributed by atoms with Crippen molar-refractivity contribution >= 4 is 35.0 Å². The molecule has 8 nitrogen and oxygen atoms in total. The van der Waals surface area contributed by atoms with Crippen LogP contribution in [0.3, 0.4) is 0 Å². The molecule has 3 aromatic rings. The SMILES string of the molecule is Cc1cccc(-n2nnnc2SCC(=O)N2c3ccccc3NC(=O)CC2C)c1C. The molecule has 1 aliphatic rings. The summed E-state index contributed by atoms with van der Waals surface area (Å²) >= 11 is 1.28. The van der Waals surface area contributed by atoms with Gasteiger partial charge in [-0.2, -0.15) is 4.68 Å². The van der Waals surface area contributed by atoms with Gasteiger partial charge in [-0.25, -0.2) is 0 Å². The zero-order valence-electron chi connectivity index (χ0n) is 17.0. The molecule has 0 aliphatic carbocycles. The fourth-order valence-electron chi connectivity index (χ4n) is 3.55. The van der Waals surface area contributed by atoms with E-state index in [-0.39, 0.29) is 30.0 Å². The van der Waals surface area contributed by atoms with Crippen molar-refractivity contribution in [1.29, 1.82) is 0 Å². The third-order valence-corrected chi connectivity index (χ3v) is 6.10. The minimum absolute atomic E-state index is 0.100. The maximum atomic E-state index is 13.2. The molecule has 0 bridgehead atoms. The minimum Gasteiger partial charge on any atom is -0.324 e. The average molecular weight is 423 g/mol. The summed E-state index contributed by atoms with van der Waals surface area (Å²) in [7, 11) is 0. The number of carbonyl (C=O) groups excluding carboxylic acids is 2. The van der Waals surface area contributed by atoms with Crippen LogP contribution in [0.2, 0.25) is 0 Å². The Morgan fingerprint density at radius 3 is 2.77 bits per heavy atom. The zero-order valence-corrected chi connectivity index (χ0v) is 17.8. The van der Waals surface area contributed by atoms with Gasteiger partial charge in [-0.3, -0.25) is 9.59 Å². The monoisotopic (exact) mass is 422 g/mol. The van der Waals surface area contributed by atoms with Gasteiger partial charge < -0.3 is 10.2 Å². The molecule has 9 heteroatoms. The number of benzene rings is 2. The smallest absolute Gasteiger partial charge is 0.237 e. The number of anilines is 2. The Bertz CT molecular complexity index is 1110. The molecule has 0 radical (unpaired) electrons. The first-order valence-electron chi connectivity index (χ1n) is 9.64. The summed E-state index contributed by atoms with van der Waals surface area (Å²) in [4.78, 5) is 27.0. The number of rotatable bonds is 4. The van der Waals surface area contributed by atoms with E-state index in [0.717, 1.165) is 16.8 Å². The molecule has 1 atom stereocenters. The van der Waals surface area contributed by atoms with Gasteiger partial charge in [0.1, 0.15) is 0 Å². The third-order valence-electron chi connectivity index (χ3n) is 5.20. The minimum atomic E-state index is -0.253. The lowest BCUT2D eigenvalue weighted by atomic mass is 10.1. The summed E-state index contributed by atoms with van der Waals surface area (Å²) in [6.07, 6.45) is 0.241. The fraction of sp³-hybridized carbons (Fsp3) is 0.286. The predicted molar refractivity (Wildman–Crippen MR) is 116 cm³/mol. The summed E-state index contributed by atoms with van der Waals surface area (Å²) in [5, 5.41) is 15.4. The van der Waals surface area contributed by atoms with Crippen molar-refractivity contribution in [2.75, 3.05) is 16.0 Å². The van der Waals surface area contributed by atoms with Gasteiger partial charge in [0.05, 0.1) is 22.8 Å². The Kier molecular flexibility index (Phi) is 5.54. The van der Waals surface area contributed by atoms with E-state index in [2.05, 4.69) is 20.8 Å². The van der Waals surface area contributed by atoms with E-state index >= 15 is 0 Å². The maximum Gasteiger partial charge on any atom is 0.237 e. The van der Waals surface area contributed by atoms with Crippen LogP contribution >= 0.6 is 11.8 Å². The largest absolute Gasteiger partial charge is 0.324 e. The number of amides is 2. The van der Waals surface area contributed by atoms with E-state index in [1.54, 1.807) is 15.6 Å². The quantitative estimate of drug-likeness (QED) is 0.650. The van der Waals surface area contributed by atoms with E-state index in [4.69, 9.17) is 0 Å². The van der Waals surface area contributed by atoms with Crippen molar-refractivity contribution < 1.29 is 9.59 Å². The molecule has 1 unspecified atom stereocenters. The van der Waals surface area contributed by atoms with Gasteiger partial charge in [0.15, 0.2) is 0 Å². The summed E-state index contributed by atoms with van der Waals surface area (Å²) < 4.78 is 1.66. The third kappa shape index (κ3) is 3.80. The first-order valence-corrected chi connectivity index (χ1v) is 10.6. The maximum absolute atomic E-state index is 13.2. The van der Waals surface area contributed by atoms with Crippen LogP contribution in [-0.4, -0.2) is 43.8 Å². The number of thioether (sulfide) groups is 1. The van der Waals surface area contributed by atoms with Crippen LogP contribution < -0.4 is 10.2 Å². The van der Waals surface area contributed by atoms with Gasteiger partial charge in [-0.05, 0) is 60.5 Å². The van der Waals surface area contributed by atoms with Crippen molar-refractivity contribution in [2.24, 2.45) is 0 Å². The lowest BCUT2D eigenvalue weighted by Crippen LogP contribution is -2.40. The molecule has 30 heavy (non-hydrogen) atoms. The van der Waals surface area contributed by atoms with Crippen molar-refractivity contribution in [3.8, 4) is 5.69 Å². The van der Waals surface area contributed by atoms with Crippen molar-refractivity contribution in [3.05, 3.63) is 53.6 Å². The molecule has 1 N–H and O–H groups in total. The van der Waals surface area contributed by atoms with Crippen LogP contribution in [0.25, 0.3) is 5.69 Å². The van der Waals surface area contributed by atoms with E-state index in [9.17, 15) is 9.59 Å². The lowest BCUT2D eigenvalue weighted by molar-refractivity contribution is -0.117. The van der Waals surface area contributed by atoms with Crippen LogP contribution in [0.5, 0.6) is 0 Å². The molecule has 2 aromatic carbocycles. The van der Waals surface area contributed by atoms with Crippen LogP contribution in [0, 0.1) is 13.8 Å². The summed E-state index contributed by atoms with van der Waals surface area (Å²) in [5.74, 6) is -0.0540. The van der Waals surface area contributed by atoms with Crippen LogP contribution in [0.1, 0.15) is 24.5 Å². The molecule has 0 spiro atoms. The lowest BCUT2D eigenvalue weighted by Gasteiger charge is -2.27. The number of aromatic nitrogens is 4. The normalized spacial score (nSPS) is 16.0. The molecule has 154 valence electrons. The van der Waals surface area contributed by atoms with Crippen molar-refractivity contribution in [2.45, 2.75) is 38.4 Å². The molecular formula is C21H22N6O2S. The number of nitrogens with zero attached hydrogens (tertiary/aromatic N) is 5. The molecular weight excluding hydrogens is 400 g/mol. The van der Waals surface area contributed by atoms with Gasteiger partial charge in [-0.15, -0.1) is 5.10 Å². The molecule has 1 aliphatic heterocycles. The van der Waals surface area contributed by atoms with E-state index < -0.39 is 0 Å². The van der Waals surface area contributed by atoms with Crippen molar-refractivity contribution in [1.82, 2.24) is 20.2 Å². The Labute approximate surface area is 178 Å². The number of aryl methyl sites for hydroxylation is 1. The Hall–Kier alpha value is -3.20. The molecule has 0 saturated heterocycles. The molecule has 0 fully saturated rings. The summed E-state index contributed by atoms with van der Waals surface area (Å²) in [6, 6.07) is 13.0. The second kappa shape index (κ2) is 8.27. The van der Waals surface area contributed by atoms with Crippen LogP contribution in [0.4, 0.5) is 11.4 Å².